The van der Waals surface area contributed by atoms with Gasteiger partial charge in [0.1, 0.15) is 6.10 Å². The van der Waals surface area contributed by atoms with Crippen LogP contribution < -0.4 is 14.8 Å². The monoisotopic (exact) mass is 500 g/mol. The van der Waals surface area contributed by atoms with Crippen LogP contribution in [-0.4, -0.2) is 62.1 Å². The summed E-state index contributed by atoms with van der Waals surface area (Å²) < 4.78 is 26.9. The van der Waals surface area contributed by atoms with Gasteiger partial charge in [-0.3, -0.25) is 9.59 Å². The van der Waals surface area contributed by atoms with Crippen molar-refractivity contribution in [3.05, 3.63) is 53.9 Å². The van der Waals surface area contributed by atoms with Gasteiger partial charge in [-0.25, -0.2) is 9.78 Å². The fourth-order valence-electron chi connectivity index (χ4n) is 3.87. The first kappa shape index (κ1) is 26.9. The van der Waals surface area contributed by atoms with Gasteiger partial charge in [-0.1, -0.05) is 30.3 Å². The van der Waals surface area contributed by atoms with Gasteiger partial charge >= 0.3 is 11.9 Å². The second-order valence-electron chi connectivity index (χ2n) is 8.41. The maximum atomic E-state index is 13.1. The molecule has 1 fully saturated rings. The third-order valence-electron chi connectivity index (χ3n) is 5.89. The minimum absolute atomic E-state index is 0.0227. The second kappa shape index (κ2) is 13.4. The number of ether oxygens (including phenoxy) is 5. The number of esters is 2. The molecule has 1 N–H and O–H groups in total. The van der Waals surface area contributed by atoms with Crippen LogP contribution in [0.4, 0.5) is 0 Å². The van der Waals surface area contributed by atoms with Gasteiger partial charge in [-0.05, 0) is 37.7 Å². The van der Waals surface area contributed by atoms with Crippen LogP contribution in [0, 0.1) is 5.92 Å². The number of carbonyl (C=O) groups excluding carboxylic acids is 3. The first-order valence-electron chi connectivity index (χ1n) is 11.8. The minimum atomic E-state index is -1.04. The highest BCUT2D eigenvalue weighted by molar-refractivity contribution is 5.98. The lowest BCUT2D eigenvalue weighted by Gasteiger charge is -2.24. The summed E-state index contributed by atoms with van der Waals surface area (Å²) in [5.74, 6) is -1.52. The number of pyridine rings is 1. The molecule has 1 amide bonds. The van der Waals surface area contributed by atoms with Crippen LogP contribution in [0.25, 0.3) is 0 Å². The van der Waals surface area contributed by atoms with Gasteiger partial charge in [0, 0.05) is 25.8 Å². The molecule has 10 nitrogen and oxygen atoms in total. The number of hydrogen-bond acceptors (Lipinski definition) is 9. The fourth-order valence-corrected chi connectivity index (χ4v) is 3.87. The zero-order valence-electron chi connectivity index (χ0n) is 20.7. The highest BCUT2D eigenvalue weighted by atomic mass is 16.7. The van der Waals surface area contributed by atoms with E-state index in [1.807, 2.05) is 25.1 Å². The molecule has 0 spiro atoms. The lowest BCUT2D eigenvalue weighted by molar-refractivity contribution is -0.153. The van der Waals surface area contributed by atoms with Crippen molar-refractivity contribution in [3.8, 4) is 11.5 Å². The molecule has 1 aromatic carbocycles. The number of carbonyl (C=O) groups is 3. The van der Waals surface area contributed by atoms with Crippen LogP contribution >= 0.6 is 0 Å². The molecule has 0 aliphatic carbocycles. The summed E-state index contributed by atoms with van der Waals surface area (Å²) in [5.41, 5.74) is 1.09. The summed E-state index contributed by atoms with van der Waals surface area (Å²) >= 11 is 0. The van der Waals surface area contributed by atoms with Crippen molar-refractivity contribution in [2.75, 3.05) is 27.1 Å². The number of rotatable bonds is 9. The van der Waals surface area contributed by atoms with Crippen molar-refractivity contribution < 1.29 is 38.1 Å². The van der Waals surface area contributed by atoms with Gasteiger partial charge in [-0.2, -0.15) is 0 Å². The highest BCUT2D eigenvalue weighted by Gasteiger charge is 2.31. The average Bonchev–Trinajstić information content (AvgIpc) is 2.93. The van der Waals surface area contributed by atoms with E-state index in [1.165, 1.54) is 31.9 Å². The van der Waals surface area contributed by atoms with Crippen molar-refractivity contribution in [1.82, 2.24) is 10.3 Å². The summed E-state index contributed by atoms with van der Waals surface area (Å²) in [6.45, 7) is 3.04. The largest absolute Gasteiger partial charge is 0.493 e. The lowest BCUT2D eigenvalue weighted by Crippen LogP contribution is -2.46. The van der Waals surface area contributed by atoms with Crippen LogP contribution in [0.5, 0.6) is 11.5 Å². The number of cyclic esters (lactones) is 1. The maximum absolute atomic E-state index is 13.1. The zero-order chi connectivity index (χ0) is 25.9. The van der Waals surface area contributed by atoms with E-state index in [0.29, 0.717) is 6.61 Å². The summed E-state index contributed by atoms with van der Waals surface area (Å²) in [4.78, 5) is 41.1. The Balaban J connectivity index is 1.66. The van der Waals surface area contributed by atoms with E-state index >= 15 is 0 Å². The molecule has 36 heavy (non-hydrogen) atoms. The van der Waals surface area contributed by atoms with Gasteiger partial charge in [0.05, 0.1) is 13.7 Å². The molecular weight excluding hydrogens is 468 g/mol. The smallest absolute Gasteiger partial charge is 0.331 e. The van der Waals surface area contributed by atoms with E-state index in [1.54, 1.807) is 0 Å². The van der Waals surface area contributed by atoms with Crippen LogP contribution in [0.2, 0.25) is 0 Å². The van der Waals surface area contributed by atoms with Gasteiger partial charge < -0.3 is 29.0 Å². The molecule has 0 radical (unpaired) electrons. The minimum Gasteiger partial charge on any atom is -0.493 e. The van der Waals surface area contributed by atoms with Gasteiger partial charge in [0.25, 0.3) is 5.91 Å². The van der Waals surface area contributed by atoms with Crippen molar-refractivity contribution >= 4 is 17.8 Å². The average molecular weight is 501 g/mol. The number of benzene rings is 1. The Morgan fingerprint density at radius 1 is 1.19 bits per heavy atom. The number of nitrogens with one attached hydrogen (secondary N) is 1. The molecule has 0 unspecified atom stereocenters. The predicted molar refractivity (Wildman–Crippen MR) is 129 cm³/mol. The normalized spacial score (nSPS) is 20.2. The van der Waals surface area contributed by atoms with E-state index in [2.05, 4.69) is 22.4 Å². The Morgan fingerprint density at radius 2 is 1.97 bits per heavy atom. The molecule has 194 valence electrons. The molecule has 3 rings (SSSR count). The van der Waals surface area contributed by atoms with Crippen molar-refractivity contribution in [2.45, 2.75) is 45.3 Å². The SMILES string of the molecule is COc1ccnc(C(=O)N[C@H]2COCC[C@@H](CCc3ccccc3)[C@H](C)OC2=O)c1OCOC(C)=O. The number of methoxy groups -OCH3 is 1. The summed E-state index contributed by atoms with van der Waals surface area (Å²) in [6, 6.07) is 10.6. The van der Waals surface area contributed by atoms with E-state index in [9.17, 15) is 14.4 Å². The molecule has 0 saturated carbocycles. The van der Waals surface area contributed by atoms with E-state index in [0.717, 1.165) is 19.3 Å². The van der Waals surface area contributed by atoms with E-state index in [-0.39, 0.29) is 35.8 Å². The summed E-state index contributed by atoms with van der Waals surface area (Å²) in [5, 5.41) is 2.62. The Hall–Kier alpha value is -3.66. The van der Waals surface area contributed by atoms with Crippen LogP contribution in [0.15, 0.2) is 42.6 Å². The maximum Gasteiger partial charge on any atom is 0.331 e. The summed E-state index contributed by atoms with van der Waals surface area (Å²) in [6.07, 6.45) is 3.46. The first-order chi connectivity index (χ1) is 17.4. The highest BCUT2D eigenvalue weighted by Crippen LogP contribution is 2.30. The van der Waals surface area contributed by atoms with Gasteiger partial charge in [0.2, 0.25) is 6.79 Å². The van der Waals surface area contributed by atoms with Crippen molar-refractivity contribution in [2.24, 2.45) is 5.92 Å². The van der Waals surface area contributed by atoms with Gasteiger partial charge in [0.15, 0.2) is 23.2 Å². The lowest BCUT2D eigenvalue weighted by atomic mass is 9.92. The third kappa shape index (κ3) is 7.67. The molecule has 2 aromatic rings. The molecule has 3 atom stereocenters. The van der Waals surface area contributed by atoms with E-state index in [4.69, 9.17) is 23.7 Å². The Labute approximate surface area is 210 Å². The molecule has 2 heterocycles. The number of hydrogen-bond donors (Lipinski definition) is 1. The number of nitrogens with zero attached hydrogens (tertiary/aromatic N) is 1. The molecule has 1 aliphatic rings. The van der Waals surface area contributed by atoms with E-state index < -0.39 is 30.7 Å². The molecule has 1 saturated heterocycles. The number of amides is 1. The molecule has 10 heteroatoms. The Bertz CT molecular complexity index is 1030. The first-order valence-corrected chi connectivity index (χ1v) is 11.8. The summed E-state index contributed by atoms with van der Waals surface area (Å²) in [7, 11) is 1.40. The topological polar surface area (TPSA) is 122 Å². The van der Waals surface area contributed by atoms with Crippen molar-refractivity contribution in [1.29, 1.82) is 0 Å². The number of aryl methyl sites for hydroxylation is 1. The Morgan fingerprint density at radius 3 is 2.69 bits per heavy atom. The zero-order valence-corrected chi connectivity index (χ0v) is 20.7. The quantitative estimate of drug-likeness (QED) is 0.409. The van der Waals surface area contributed by atoms with Crippen molar-refractivity contribution in [3.63, 3.8) is 0 Å². The number of aromatic nitrogens is 1. The molecular formula is C26H32N2O8. The Kier molecular flexibility index (Phi) is 10.1. The second-order valence-corrected chi connectivity index (χ2v) is 8.41. The van der Waals surface area contributed by atoms with Crippen LogP contribution in [0.3, 0.4) is 0 Å². The van der Waals surface area contributed by atoms with Crippen LogP contribution in [0.1, 0.15) is 42.7 Å². The fraction of sp³-hybridized carbons (Fsp3) is 0.462. The third-order valence-corrected chi connectivity index (χ3v) is 5.89. The molecule has 1 aliphatic heterocycles. The molecule has 0 bridgehead atoms. The predicted octanol–water partition coefficient (Wildman–Crippen LogP) is 2.69. The molecule has 1 aromatic heterocycles. The van der Waals surface area contributed by atoms with Gasteiger partial charge in [-0.15, -0.1) is 0 Å². The standard InChI is InChI=1S/C26H32N2O8/c1-17-20(10-9-19-7-5-4-6-8-19)12-14-33-15-21(26(31)36-17)28-25(30)23-24(35-16-34-18(2)29)22(32-3)11-13-27-23/h4-8,11,13,17,20-21H,9-10,12,14-16H2,1-3H3,(H,28,30)/t17-,20+,21-/m0/s1. The van der Waals surface area contributed by atoms with Crippen LogP contribution in [-0.2, 0) is 30.2 Å².